The second-order valence-electron chi connectivity index (χ2n) is 7.45. The van der Waals surface area contributed by atoms with Crippen molar-refractivity contribution in [3.63, 3.8) is 0 Å². The van der Waals surface area contributed by atoms with Gasteiger partial charge in [-0.05, 0) is 36.4 Å². The summed E-state index contributed by atoms with van der Waals surface area (Å²) in [5.74, 6) is 0.145. The van der Waals surface area contributed by atoms with E-state index < -0.39 is 0 Å². The number of nitrogens with one attached hydrogen (secondary N) is 1. The summed E-state index contributed by atoms with van der Waals surface area (Å²) < 4.78 is 2.16. The molecular formula is C23H27N3O. The maximum absolute atomic E-state index is 12.4. The van der Waals surface area contributed by atoms with Crippen LogP contribution in [0, 0.1) is 0 Å². The number of rotatable bonds is 6. The van der Waals surface area contributed by atoms with Gasteiger partial charge in [-0.1, -0.05) is 48.5 Å². The van der Waals surface area contributed by atoms with Gasteiger partial charge >= 0.3 is 0 Å². The van der Waals surface area contributed by atoms with Crippen LogP contribution in [0.2, 0.25) is 0 Å². The third kappa shape index (κ3) is 4.06. The number of amides is 1. The number of carbonyl (C=O) groups excluding carboxylic acids is 1. The van der Waals surface area contributed by atoms with E-state index in [1.807, 2.05) is 12.1 Å². The molecule has 1 fully saturated rings. The molecular weight excluding hydrogens is 334 g/mol. The van der Waals surface area contributed by atoms with Gasteiger partial charge in [0.1, 0.15) is 0 Å². The van der Waals surface area contributed by atoms with E-state index >= 15 is 0 Å². The van der Waals surface area contributed by atoms with Crippen LogP contribution < -0.4 is 5.32 Å². The smallest absolute Gasteiger partial charge is 0.222 e. The molecule has 1 aliphatic heterocycles. The molecule has 2 heterocycles. The van der Waals surface area contributed by atoms with Gasteiger partial charge in [-0.25, -0.2) is 0 Å². The topological polar surface area (TPSA) is 37.3 Å². The number of hydrogen-bond donors (Lipinski definition) is 1. The van der Waals surface area contributed by atoms with E-state index in [-0.39, 0.29) is 11.9 Å². The number of aromatic nitrogens is 1. The van der Waals surface area contributed by atoms with Gasteiger partial charge in [0.05, 0.1) is 0 Å². The molecule has 27 heavy (non-hydrogen) atoms. The van der Waals surface area contributed by atoms with E-state index in [1.165, 1.54) is 16.5 Å². The summed E-state index contributed by atoms with van der Waals surface area (Å²) in [6, 6.07) is 21.6. The van der Waals surface area contributed by atoms with Crippen LogP contribution in [0.5, 0.6) is 0 Å². The van der Waals surface area contributed by atoms with Gasteiger partial charge in [-0.3, -0.25) is 9.69 Å². The zero-order valence-corrected chi connectivity index (χ0v) is 15.8. The molecule has 2 aromatic carbocycles. The van der Waals surface area contributed by atoms with Crippen LogP contribution in [0.15, 0.2) is 66.9 Å². The molecule has 1 amide bonds. The highest BCUT2D eigenvalue weighted by molar-refractivity contribution is 5.80. The van der Waals surface area contributed by atoms with Crippen LogP contribution in [0.4, 0.5) is 0 Å². The summed E-state index contributed by atoms with van der Waals surface area (Å²) in [4.78, 5) is 14.9. The minimum absolute atomic E-state index is 0.145. The number of likely N-dealkylation sites (tertiary alicyclic amines) is 1. The van der Waals surface area contributed by atoms with E-state index in [0.717, 1.165) is 26.1 Å². The van der Waals surface area contributed by atoms with Gasteiger partial charge in [0.2, 0.25) is 5.91 Å². The summed E-state index contributed by atoms with van der Waals surface area (Å²) in [5.41, 5.74) is 2.53. The van der Waals surface area contributed by atoms with Crippen molar-refractivity contribution in [2.75, 3.05) is 13.1 Å². The third-order valence-corrected chi connectivity index (χ3v) is 5.67. The van der Waals surface area contributed by atoms with Gasteiger partial charge in [0.25, 0.3) is 0 Å². The van der Waals surface area contributed by atoms with Gasteiger partial charge in [-0.15, -0.1) is 0 Å². The summed E-state index contributed by atoms with van der Waals surface area (Å²) in [5, 5.41) is 4.45. The number of fused-ring (bicyclic) bond motifs is 1. The van der Waals surface area contributed by atoms with E-state index in [9.17, 15) is 4.79 Å². The van der Waals surface area contributed by atoms with Crippen LogP contribution in [0.3, 0.4) is 0 Å². The number of aryl methyl sites for hydroxylation is 1. The van der Waals surface area contributed by atoms with Crippen molar-refractivity contribution in [2.45, 2.75) is 38.4 Å². The number of nitrogens with zero attached hydrogens (tertiary/aromatic N) is 2. The third-order valence-electron chi connectivity index (χ3n) is 5.67. The average molecular weight is 361 g/mol. The Morgan fingerprint density at radius 1 is 1.11 bits per heavy atom. The molecule has 3 aromatic rings. The fourth-order valence-electron chi connectivity index (χ4n) is 4.06. The first-order valence-electron chi connectivity index (χ1n) is 9.83. The molecule has 0 aliphatic carbocycles. The molecule has 1 N–H and O–H groups in total. The monoisotopic (exact) mass is 361 g/mol. The summed E-state index contributed by atoms with van der Waals surface area (Å²) in [7, 11) is 0. The predicted octanol–water partition coefficient (Wildman–Crippen LogP) is 3.98. The van der Waals surface area contributed by atoms with Gasteiger partial charge < -0.3 is 9.88 Å². The van der Waals surface area contributed by atoms with Crippen molar-refractivity contribution >= 4 is 16.8 Å². The van der Waals surface area contributed by atoms with Gasteiger partial charge in [0.15, 0.2) is 0 Å². The quantitative estimate of drug-likeness (QED) is 0.721. The molecule has 0 saturated carbocycles. The number of carbonyl (C=O) groups is 1. The standard InChI is InChI=1S/C23H27N3O/c1-18(19-7-3-2-4-8-19)26-15-12-21(17-26)24-23(27)13-16-25-14-11-20-9-5-6-10-22(20)25/h2-11,14,18,21H,12-13,15-17H2,1H3,(H,24,27). The number of hydrogen-bond acceptors (Lipinski definition) is 2. The molecule has 0 bridgehead atoms. The van der Waals surface area contributed by atoms with Crippen molar-refractivity contribution in [1.82, 2.24) is 14.8 Å². The molecule has 4 rings (SSSR count). The van der Waals surface area contributed by atoms with E-state index in [0.29, 0.717) is 12.5 Å². The lowest BCUT2D eigenvalue weighted by molar-refractivity contribution is -0.121. The molecule has 0 radical (unpaired) electrons. The molecule has 4 heteroatoms. The van der Waals surface area contributed by atoms with Crippen molar-refractivity contribution in [1.29, 1.82) is 0 Å². The molecule has 1 aliphatic rings. The summed E-state index contributed by atoms with van der Waals surface area (Å²) in [6.45, 7) is 4.92. The molecule has 0 spiro atoms. The van der Waals surface area contributed by atoms with Crippen molar-refractivity contribution < 1.29 is 4.79 Å². The Labute approximate surface area is 160 Å². The maximum Gasteiger partial charge on any atom is 0.222 e. The van der Waals surface area contributed by atoms with Crippen LogP contribution in [0.1, 0.15) is 31.4 Å². The number of benzene rings is 2. The maximum atomic E-state index is 12.4. The summed E-state index contributed by atoms with van der Waals surface area (Å²) in [6.07, 6.45) is 3.61. The van der Waals surface area contributed by atoms with Crippen LogP contribution in [-0.2, 0) is 11.3 Å². The fraction of sp³-hybridized carbons (Fsp3) is 0.348. The largest absolute Gasteiger partial charge is 0.352 e. The summed E-state index contributed by atoms with van der Waals surface area (Å²) >= 11 is 0. The second kappa shape index (κ2) is 7.97. The lowest BCUT2D eigenvalue weighted by Crippen LogP contribution is -2.37. The lowest BCUT2D eigenvalue weighted by Gasteiger charge is -2.24. The Kier molecular flexibility index (Phi) is 5.26. The Hall–Kier alpha value is -2.59. The molecule has 2 atom stereocenters. The van der Waals surface area contributed by atoms with Gasteiger partial charge in [-0.2, -0.15) is 0 Å². The molecule has 2 unspecified atom stereocenters. The Balaban J connectivity index is 1.28. The zero-order chi connectivity index (χ0) is 18.6. The van der Waals surface area contributed by atoms with Crippen molar-refractivity contribution in [3.05, 3.63) is 72.4 Å². The zero-order valence-electron chi connectivity index (χ0n) is 15.8. The van der Waals surface area contributed by atoms with Crippen molar-refractivity contribution in [3.8, 4) is 0 Å². The predicted molar refractivity (Wildman–Crippen MR) is 110 cm³/mol. The molecule has 1 aromatic heterocycles. The highest BCUT2D eigenvalue weighted by Gasteiger charge is 2.27. The first kappa shape index (κ1) is 17.8. The minimum Gasteiger partial charge on any atom is -0.352 e. The average Bonchev–Trinajstić information content (AvgIpc) is 3.33. The first-order chi connectivity index (χ1) is 13.2. The van der Waals surface area contributed by atoms with Crippen molar-refractivity contribution in [2.24, 2.45) is 0 Å². The van der Waals surface area contributed by atoms with Crippen LogP contribution in [-0.4, -0.2) is 34.5 Å². The minimum atomic E-state index is 0.145. The fourth-order valence-corrected chi connectivity index (χ4v) is 4.06. The Bertz CT molecular complexity index is 902. The highest BCUT2D eigenvalue weighted by Crippen LogP contribution is 2.24. The SMILES string of the molecule is CC(c1ccccc1)N1CCC(NC(=O)CCn2ccc3ccccc32)C1. The Morgan fingerprint density at radius 3 is 2.74 bits per heavy atom. The molecule has 140 valence electrons. The highest BCUT2D eigenvalue weighted by atomic mass is 16.1. The van der Waals surface area contributed by atoms with Crippen LogP contribution >= 0.6 is 0 Å². The first-order valence-corrected chi connectivity index (χ1v) is 9.83. The molecule has 1 saturated heterocycles. The molecule has 4 nitrogen and oxygen atoms in total. The van der Waals surface area contributed by atoms with Crippen LogP contribution in [0.25, 0.3) is 10.9 Å². The van der Waals surface area contributed by atoms with E-state index in [4.69, 9.17) is 0 Å². The lowest BCUT2D eigenvalue weighted by atomic mass is 10.1. The van der Waals surface area contributed by atoms with E-state index in [1.54, 1.807) is 0 Å². The normalized spacial score (nSPS) is 18.6. The van der Waals surface area contributed by atoms with E-state index in [2.05, 4.69) is 76.4 Å². The second-order valence-corrected chi connectivity index (χ2v) is 7.45. The Morgan fingerprint density at radius 2 is 1.89 bits per heavy atom. The van der Waals surface area contributed by atoms with Gasteiger partial charge in [0, 0.05) is 49.9 Å². The number of para-hydroxylation sites is 1.